The Kier molecular flexibility index (Phi) is 4.34. The van der Waals surface area contributed by atoms with Crippen molar-refractivity contribution in [1.29, 1.82) is 0 Å². The minimum atomic E-state index is -3.77. The summed E-state index contributed by atoms with van der Waals surface area (Å²) >= 11 is 5.88. The molecular formula is C15H14ClNO3S. The first kappa shape index (κ1) is 15.5. The average Bonchev–Trinajstić information content (AvgIpc) is 2.43. The number of ketones is 1. The highest BCUT2D eigenvalue weighted by molar-refractivity contribution is 7.92. The number of carbonyl (C=O) groups excluding carboxylic acids is 1. The van der Waals surface area contributed by atoms with Crippen molar-refractivity contribution >= 4 is 33.1 Å². The molecule has 1 N–H and O–H groups in total. The third kappa shape index (κ3) is 3.62. The lowest BCUT2D eigenvalue weighted by molar-refractivity contribution is 0.101. The lowest BCUT2D eigenvalue weighted by Gasteiger charge is -2.11. The summed E-state index contributed by atoms with van der Waals surface area (Å²) in [6.07, 6.45) is 0. The SMILES string of the molecule is CC(=O)c1cccc(S(=O)(=O)Nc2cc(Cl)ccc2C)c1. The van der Waals surface area contributed by atoms with Gasteiger partial charge in [0.05, 0.1) is 10.6 Å². The Hall–Kier alpha value is -1.85. The van der Waals surface area contributed by atoms with Gasteiger partial charge in [-0.2, -0.15) is 0 Å². The Labute approximate surface area is 128 Å². The van der Waals surface area contributed by atoms with E-state index in [9.17, 15) is 13.2 Å². The Morgan fingerprint density at radius 3 is 2.52 bits per heavy atom. The Balaban J connectivity index is 2.41. The lowest BCUT2D eigenvalue weighted by atomic mass is 10.2. The van der Waals surface area contributed by atoms with Crippen LogP contribution in [0.4, 0.5) is 5.69 Å². The third-order valence-corrected chi connectivity index (χ3v) is 4.59. The molecule has 0 spiro atoms. The van der Waals surface area contributed by atoms with E-state index in [0.29, 0.717) is 16.3 Å². The number of rotatable bonds is 4. The van der Waals surface area contributed by atoms with E-state index in [4.69, 9.17) is 11.6 Å². The summed E-state index contributed by atoms with van der Waals surface area (Å²) in [5.74, 6) is -0.189. The predicted molar refractivity (Wildman–Crippen MR) is 83.4 cm³/mol. The summed E-state index contributed by atoms with van der Waals surface area (Å²) in [7, 11) is -3.77. The number of benzene rings is 2. The largest absolute Gasteiger partial charge is 0.295 e. The van der Waals surface area contributed by atoms with Crippen molar-refractivity contribution < 1.29 is 13.2 Å². The second kappa shape index (κ2) is 5.87. The van der Waals surface area contributed by atoms with Gasteiger partial charge in [-0.15, -0.1) is 0 Å². The standard InChI is InChI=1S/C15H14ClNO3S/c1-10-6-7-13(16)9-15(10)17-21(19,20)14-5-3-4-12(8-14)11(2)18/h3-9,17H,1-2H3. The van der Waals surface area contributed by atoms with E-state index >= 15 is 0 Å². The molecule has 0 amide bonds. The summed E-state index contributed by atoms with van der Waals surface area (Å²) in [5, 5.41) is 0.441. The molecule has 0 saturated heterocycles. The zero-order valence-corrected chi connectivity index (χ0v) is 13.1. The van der Waals surface area contributed by atoms with Gasteiger partial charge in [0, 0.05) is 10.6 Å². The molecule has 0 heterocycles. The number of hydrogen-bond acceptors (Lipinski definition) is 3. The maximum Gasteiger partial charge on any atom is 0.261 e. The molecular weight excluding hydrogens is 310 g/mol. The maximum absolute atomic E-state index is 12.4. The summed E-state index contributed by atoms with van der Waals surface area (Å²) in [6.45, 7) is 3.17. The van der Waals surface area contributed by atoms with E-state index in [1.165, 1.54) is 25.1 Å². The first-order valence-corrected chi connectivity index (χ1v) is 8.06. The molecule has 110 valence electrons. The monoisotopic (exact) mass is 323 g/mol. The molecule has 0 saturated carbocycles. The van der Waals surface area contributed by atoms with E-state index in [1.807, 2.05) is 0 Å². The number of halogens is 1. The zero-order chi connectivity index (χ0) is 15.6. The molecule has 2 rings (SSSR count). The van der Waals surface area contributed by atoms with Gasteiger partial charge in [0.2, 0.25) is 0 Å². The van der Waals surface area contributed by atoms with Crippen LogP contribution < -0.4 is 4.72 Å². The molecule has 4 nitrogen and oxygen atoms in total. The van der Waals surface area contributed by atoms with E-state index in [2.05, 4.69) is 4.72 Å². The van der Waals surface area contributed by atoms with Crippen LogP contribution in [-0.2, 0) is 10.0 Å². The van der Waals surface area contributed by atoms with Gasteiger partial charge < -0.3 is 0 Å². The average molecular weight is 324 g/mol. The topological polar surface area (TPSA) is 63.2 Å². The van der Waals surface area contributed by atoms with Crippen molar-refractivity contribution in [3.63, 3.8) is 0 Å². The molecule has 2 aromatic rings. The number of hydrogen-bond donors (Lipinski definition) is 1. The van der Waals surface area contributed by atoms with Gasteiger partial charge in [-0.3, -0.25) is 9.52 Å². The fraction of sp³-hybridized carbons (Fsp3) is 0.133. The van der Waals surface area contributed by atoms with Crippen molar-refractivity contribution in [2.45, 2.75) is 18.7 Å². The van der Waals surface area contributed by atoms with Crippen molar-refractivity contribution in [2.75, 3.05) is 4.72 Å². The van der Waals surface area contributed by atoms with E-state index in [1.54, 1.807) is 31.2 Å². The van der Waals surface area contributed by atoms with E-state index < -0.39 is 10.0 Å². The Morgan fingerprint density at radius 2 is 1.86 bits per heavy atom. The van der Waals surface area contributed by atoms with Gasteiger partial charge in [0.1, 0.15) is 0 Å². The molecule has 0 radical (unpaired) electrons. The van der Waals surface area contributed by atoms with Gasteiger partial charge in [-0.25, -0.2) is 8.42 Å². The fourth-order valence-corrected chi connectivity index (χ4v) is 3.13. The number of nitrogens with one attached hydrogen (secondary N) is 1. The fourth-order valence-electron chi connectivity index (χ4n) is 1.79. The summed E-state index contributed by atoms with van der Waals surface area (Å²) < 4.78 is 27.2. The molecule has 0 fully saturated rings. The quantitative estimate of drug-likeness (QED) is 0.873. The maximum atomic E-state index is 12.4. The molecule has 6 heteroatoms. The van der Waals surface area contributed by atoms with Crippen molar-refractivity contribution in [3.8, 4) is 0 Å². The predicted octanol–water partition coefficient (Wildman–Crippen LogP) is 3.65. The lowest BCUT2D eigenvalue weighted by Crippen LogP contribution is -2.14. The van der Waals surface area contributed by atoms with E-state index in [0.717, 1.165) is 5.56 Å². The molecule has 21 heavy (non-hydrogen) atoms. The van der Waals surface area contributed by atoms with Crippen LogP contribution in [0.3, 0.4) is 0 Å². The number of carbonyl (C=O) groups is 1. The highest BCUT2D eigenvalue weighted by atomic mass is 35.5. The number of sulfonamides is 1. The molecule has 0 atom stereocenters. The number of Topliss-reactive ketones (excluding diaryl/α,β-unsaturated/α-hetero) is 1. The van der Waals surface area contributed by atoms with Gasteiger partial charge in [-0.1, -0.05) is 29.8 Å². The molecule has 0 aliphatic heterocycles. The molecule has 0 aromatic heterocycles. The molecule has 0 aliphatic rings. The molecule has 0 unspecified atom stereocenters. The first-order valence-electron chi connectivity index (χ1n) is 6.19. The van der Waals surface area contributed by atoms with Gasteiger partial charge in [-0.05, 0) is 43.7 Å². The van der Waals surface area contributed by atoms with Crippen LogP contribution in [0, 0.1) is 6.92 Å². The number of aryl methyl sites for hydroxylation is 1. The van der Waals surface area contributed by atoms with E-state index in [-0.39, 0.29) is 10.7 Å². The second-order valence-corrected chi connectivity index (χ2v) is 6.77. The highest BCUT2D eigenvalue weighted by Gasteiger charge is 2.16. The van der Waals surface area contributed by atoms with Crippen molar-refractivity contribution in [1.82, 2.24) is 0 Å². The second-order valence-electron chi connectivity index (χ2n) is 4.65. The number of anilines is 1. The van der Waals surface area contributed by atoms with Crippen LogP contribution in [0.5, 0.6) is 0 Å². The summed E-state index contributed by atoms with van der Waals surface area (Å²) in [5.41, 5.74) is 1.52. The zero-order valence-electron chi connectivity index (χ0n) is 11.6. The van der Waals surface area contributed by atoms with Crippen LogP contribution in [0.15, 0.2) is 47.4 Å². The molecule has 0 aliphatic carbocycles. The normalized spacial score (nSPS) is 11.2. The van der Waals surface area contributed by atoms with Crippen molar-refractivity contribution in [2.24, 2.45) is 0 Å². The van der Waals surface area contributed by atoms with Crippen LogP contribution in [-0.4, -0.2) is 14.2 Å². The van der Waals surface area contributed by atoms with Crippen LogP contribution in [0.1, 0.15) is 22.8 Å². The molecule has 2 aromatic carbocycles. The highest BCUT2D eigenvalue weighted by Crippen LogP contribution is 2.23. The van der Waals surface area contributed by atoms with Gasteiger partial charge in [0.25, 0.3) is 10.0 Å². The summed E-state index contributed by atoms with van der Waals surface area (Å²) in [4.78, 5) is 11.4. The Morgan fingerprint density at radius 1 is 1.14 bits per heavy atom. The van der Waals surface area contributed by atoms with Crippen LogP contribution >= 0.6 is 11.6 Å². The first-order chi connectivity index (χ1) is 9.79. The minimum Gasteiger partial charge on any atom is -0.295 e. The summed E-state index contributed by atoms with van der Waals surface area (Å²) in [6, 6.07) is 10.9. The van der Waals surface area contributed by atoms with Crippen molar-refractivity contribution in [3.05, 3.63) is 58.6 Å². The Bertz CT molecular complexity index is 800. The minimum absolute atomic E-state index is 0.0366. The van der Waals surface area contributed by atoms with Gasteiger partial charge in [0.15, 0.2) is 5.78 Å². The van der Waals surface area contributed by atoms with Crippen LogP contribution in [0.25, 0.3) is 0 Å². The van der Waals surface area contributed by atoms with Crippen LogP contribution in [0.2, 0.25) is 5.02 Å². The van der Waals surface area contributed by atoms with Gasteiger partial charge >= 0.3 is 0 Å². The third-order valence-electron chi connectivity index (χ3n) is 2.99. The smallest absolute Gasteiger partial charge is 0.261 e. The molecule has 0 bridgehead atoms.